The third-order valence-corrected chi connectivity index (χ3v) is 5.55. The van der Waals surface area contributed by atoms with Crippen LogP contribution in [0, 0.1) is 0 Å². The molecule has 1 saturated heterocycles. The fourth-order valence-corrected chi connectivity index (χ4v) is 4.54. The zero-order chi connectivity index (χ0) is 14.6. The Morgan fingerprint density at radius 3 is 2.82 bits per heavy atom. The summed E-state index contributed by atoms with van der Waals surface area (Å²) in [6.07, 6.45) is -1.07. The average molecular weight is 290 g/mol. The van der Waals surface area contributed by atoms with E-state index in [2.05, 4.69) is 36.4 Å². The first-order valence-corrected chi connectivity index (χ1v) is 7.75. The van der Waals surface area contributed by atoms with E-state index in [1.165, 1.54) is 32.7 Å². The van der Waals surface area contributed by atoms with Gasteiger partial charge in [-0.1, -0.05) is 36.4 Å². The molecule has 2 aliphatic carbocycles. The summed E-state index contributed by atoms with van der Waals surface area (Å²) in [4.78, 5) is 0. The maximum Gasteiger partial charge on any atom is 0.118 e. The fourth-order valence-electron chi connectivity index (χ4n) is 4.54. The SMILES string of the molecule is OC1c2cc3c4c(ccc5cccc(c54)C3)c2C2OC2C1O. The summed E-state index contributed by atoms with van der Waals surface area (Å²) in [5, 5.41) is 25.7. The Hall–Kier alpha value is -1.94. The van der Waals surface area contributed by atoms with Gasteiger partial charge in [-0.25, -0.2) is 0 Å². The number of ether oxygens (including phenoxy) is 1. The number of hydrogen-bond acceptors (Lipinski definition) is 3. The fraction of sp³-hybridized carbons (Fsp3) is 0.263. The summed E-state index contributed by atoms with van der Waals surface area (Å²) < 4.78 is 5.65. The van der Waals surface area contributed by atoms with Gasteiger partial charge in [0.25, 0.3) is 0 Å². The van der Waals surface area contributed by atoms with Crippen LogP contribution in [0.4, 0.5) is 0 Å². The smallest absolute Gasteiger partial charge is 0.118 e. The lowest BCUT2D eigenvalue weighted by atomic mass is 9.82. The van der Waals surface area contributed by atoms with Crippen molar-refractivity contribution in [1.29, 1.82) is 0 Å². The number of aliphatic hydroxyl groups is 2. The van der Waals surface area contributed by atoms with E-state index in [0.29, 0.717) is 0 Å². The van der Waals surface area contributed by atoms with Gasteiger partial charge in [0.05, 0.1) is 0 Å². The predicted octanol–water partition coefficient (Wildman–Crippen LogP) is 2.75. The molecule has 108 valence electrons. The van der Waals surface area contributed by atoms with Crippen LogP contribution in [-0.4, -0.2) is 22.4 Å². The molecule has 0 saturated carbocycles. The minimum Gasteiger partial charge on any atom is -0.387 e. The molecule has 3 heteroatoms. The first-order chi connectivity index (χ1) is 10.7. The zero-order valence-electron chi connectivity index (χ0n) is 11.8. The Labute approximate surface area is 126 Å². The van der Waals surface area contributed by atoms with E-state index in [0.717, 1.165) is 17.5 Å². The minimum atomic E-state index is -0.848. The predicted molar refractivity (Wildman–Crippen MR) is 82.8 cm³/mol. The van der Waals surface area contributed by atoms with Crippen LogP contribution in [0.5, 0.6) is 0 Å². The molecule has 1 fully saturated rings. The normalized spacial score (nSPS) is 30.8. The number of epoxide rings is 1. The quantitative estimate of drug-likeness (QED) is 0.387. The largest absolute Gasteiger partial charge is 0.387 e. The molecule has 1 aliphatic heterocycles. The Morgan fingerprint density at radius 1 is 1.00 bits per heavy atom. The molecule has 3 aromatic carbocycles. The van der Waals surface area contributed by atoms with Gasteiger partial charge in [-0.05, 0) is 50.2 Å². The summed E-state index contributed by atoms with van der Waals surface area (Å²) in [7, 11) is 0. The lowest BCUT2D eigenvalue weighted by molar-refractivity contribution is 0.0000768. The second kappa shape index (κ2) is 3.51. The molecule has 22 heavy (non-hydrogen) atoms. The lowest BCUT2D eigenvalue weighted by Crippen LogP contribution is -2.29. The standard InChI is InChI=1S/C19H14O3/c20-16-12-7-10-6-9-3-1-2-8-4-5-11(14(10)13(8)9)15(12)18-19(22-18)17(16)21/h1-5,7,16-21H,6H2. The van der Waals surface area contributed by atoms with E-state index >= 15 is 0 Å². The van der Waals surface area contributed by atoms with Crippen LogP contribution >= 0.6 is 0 Å². The number of benzene rings is 3. The maximum atomic E-state index is 10.5. The second-order valence-corrected chi connectivity index (χ2v) is 6.68. The Bertz CT molecular complexity index is 991. The van der Waals surface area contributed by atoms with Gasteiger partial charge < -0.3 is 14.9 Å². The van der Waals surface area contributed by atoms with Gasteiger partial charge in [0.2, 0.25) is 0 Å². The molecular weight excluding hydrogens is 276 g/mol. The van der Waals surface area contributed by atoms with Gasteiger partial charge in [0.1, 0.15) is 24.4 Å². The molecule has 3 aromatic rings. The zero-order valence-corrected chi connectivity index (χ0v) is 11.8. The van der Waals surface area contributed by atoms with E-state index < -0.39 is 12.2 Å². The molecule has 1 heterocycles. The summed E-state index contributed by atoms with van der Waals surface area (Å²) in [6.45, 7) is 0. The highest BCUT2D eigenvalue weighted by Crippen LogP contribution is 2.55. The van der Waals surface area contributed by atoms with E-state index in [4.69, 9.17) is 4.74 Å². The number of hydrogen-bond donors (Lipinski definition) is 2. The molecule has 0 bridgehead atoms. The van der Waals surface area contributed by atoms with E-state index in [1.54, 1.807) is 0 Å². The summed E-state index contributed by atoms with van der Waals surface area (Å²) in [5.41, 5.74) is 4.54. The molecular formula is C19H14O3. The van der Waals surface area contributed by atoms with E-state index in [1.807, 2.05) is 0 Å². The van der Waals surface area contributed by atoms with Gasteiger partial charge in [-0.3, -0.25) is 0 Å². The Kier molecular flexibility index (Phi) is 1.85. The van der Waals surface area contributed by atoms with Crippen molar-refractivity contribution in [2.24, 2.45) is 0 Å². The molecule has 3 nitrogen and oxygen atoms in total. The van der Waals surface area contributed by atoms with Crippen molar-refractivity contribution < 1.29 is 14.9 Å². The molecule has 4 unspecified atom stereocenters. The van der Waals surface area contributed by atoms with E-state index in [-0.39, 0.29) is 12.2 Å². The maximum absolute atomic E-state index is 10.5. The van der Waals surface area contributed by atoms with Crippen LogP contribution < -0.4 is 0 Å². The van der Waals surface area contributed by atoms with Gasteiger partial charge in [-0.15, -0.1) is 0 Å². The van der Waals surface area contributed by atoms with Crippen LogP contribution in [0.2, 0.25) is 0 Å². The lowest BCUT2D eigenvalue weighted by Gasteiger charge is -2.25. The third kappa shape index (κ3) is 1.17. The highest BCUT2D eigenvalue weighted by molar-refractivity contribution is 6.14. The highest BCUT2D eigenvalue weighted by atomic mass is 16.6. The van der Waals surface area contributed by atoms with Crippen LogP contribution in [0.3, 0.4) is 0 Å². The third-order valence-electron chi connectivity index (χ3n) is 5.55. The first-order valence-electron chi connectivity index (χ1n) is 7.75. The van der Waals surface area contributed by atoms with Crippen molar-refractivity contribution in [2.75, 3.05) is 0 Å². The van der Waals surface area contributed by atoms with E-state index in [9.17, 15) is 10.2 Å². The van der Waals surface area contributed by atoms with Crippen LogP contribution in [-0.2, 0) is 11.2 Å². The van der Waals surface area contributed by atoms with Crippen molar-refractivity contribution in [3.05, 3.63) is 58.7 Å². The Morgan fingerprint density at radius 2 is 1.91 bits per heavy atom. The summed E-state index contributed by atoms with van der Waals surface area (Å²) >= 11 is 0. The van der Waals surface area contributed by atoms with Crippen LogP contribution in [0.15, 0.2) is 36.4 Å². The highest BCUT2D eigenvalue weighted by Gasteiger charge is 2.54. The van der Waals surface area contributed by atoms with Gasteiger partial charge in [0.15, 0.2) is 0 Å². The molecule has 4 atom stereocenters. The van der Waals surface area contributed by atoms with Crippen molar-refractivity contribution in [2.45, 2.75) is 30.8 Å². The van der Waals surface area contributed by atoms with Crippen LogP contribution in [0.1, 0.15) is 34.5 Å². The number of rotatable bonds is 0. The monoisotopic (exact) mass is 290 g/mol. The molecule has 2 N–H and O–H groups in total. The van der Waals surface area contributed by atoms with Gasteiger partial charge >= 0.3 is 0 Å². The van der Waals surface area contributed by atoms with Crippen molar-refractivity contribution in [1.82, 2.24) is 0 Å². The molecule has 0 spiro atoms. The number of aliphatic hydroxyl groups excluding tert-OH is 2. The van der Waals surface area contributed by atoms with Crippen molar-refractivity contribution >= 4 is 21.5 Å². The topological polar surface area (TPSA) is 53.0 Å². The molecule has 0 aromatic heterocycles. The van der Waals surface area contributed by atoms with Crippen LogP contribution in [0.25, 0.3) is 21.5 Å². The molecule has 3 aliphatic rings. The van der Waals surface area contributed by atoms with Gasteiger partial charge in [0, 0.05) is 0 Å². The Balaban J connectivity index is 1.80. The first kappa shape index (κ1) is 11.6. The van der Waals surface area contributed by atoms with Crippen molar-refractivity contribution in [3.63, 3.8) is 0 Å². The second-order valence-electron chi connectivity index (χ2n) is 6.68. The average Bonchev–Trinajstić information content (AvgIpc) is 3.24. The van der Waals surface area contributed by atoms with Gasteiger partial charge in [-0.2, -0.15) is 0 Å². The summed E-state index contributed by atoms with van der Waals surface area (Å²) in [6, 6.07) is 12.8. The minimum absolute atomic E-state index is 0.0623. The number of fused-ring (bicyclic) bond motifs is 4. The summed E-state index contributed by atoms with van der Waals surface area (Å²) in [5.74, 6) is 0. The molecule has 0 radical (unpaired) electrons. The molecule has 0 amide bonds. The van der Waals surface area contributed by atoms with Crippen molar-refractivity contribution in [3.8, 4) is 0 Å². The molecule has 6 rings (SSSR count).